The predicted molar refractivity (Wildman–Crippen MR) is 76.7 cm³/mol. The Kier molecular flexibility index (Phi) is 6.57. The third-order valence-electron chi connectivity index (χ3n) is 2.65. The van der Waals surface area contributed by atoms with E-state index in [1.807, 2.05) is 0 Å². The molecule has 1 amide bonds. The molecule has 5 heteroatoms. The molecule has 0 aliphatic rings. The fraction of sp³-hybridized carbons (Fsp3) is 0.400. The van der Waals surface area contributed by atoms with Crippen molar-refractivity contribution >= 4 is 11.6 Å². The second kappa shape index (κ2) is 8.20. The van der Waals surface area contributed by atoms with E-state index in [-0.39, 0.29) is 12.5 Å². The van der Waals surface area contributed by atoms with Gasteiger partial charge in [-0.05, 0) is 25.1 Å². The van der Waals surface area contributed by atoms with Gasteiger partial charge in [0.25, 0.3) is 5.91 Å². The molecule has 0 aliphatic heterocycles. The first-order chi connectivity index (χ1) is 9.62. The van der Waals surface area contributed by atoms with Gasteiger partial charge < -0.3 is 19.9 Å². The first-order valence-electron chi connectivity index (χ1n) is 6.23. The maximum absolute atomic E-state index is 11.8. The van der Waals surface area contributed by atoms with Crippen molar-refractivity contribution in [2.45, 2.75) is 19.4 Å². The van der Waals surface area contributed by atoms with E-state index in [0.29, 0.717) is 17.9 Å². The number of carbonyl (C=O) groups is 1. The van der Waals surface area contributed by atoms with Gasteiger partial charge in [0.1, 0.15) is 11.9 Å². The molecule has 108 valence electrons. The van der Waals surface area contributed by atoms with E-state index in [1.54, 1.807) is 25.1 Å². The van der Waals surface area contributed by atoms with Crippen LogP contribution >= 0.6 is 0 Å². The number of amides is 1. The maximum atomic E-state index is 11.8. The highest BCUT2D eigenvalue weighted by Crippen LogP contribution is 2.25. The molecule has 0 aromatic heterocycles. The van der Waals surface area contributed by atoms with Crippen LogP contribution in [0.4, 0.5) is 5.69 Å². The summed E-state index contributed by atoms with van der Waals surface area (Å²) in [4.78, 5) is 11.8. The minimum Gasteiger partial charge on any atom is -0.495 e. The number of carbonyl (C=O) groups excluding carboxylic acids is 1. The third-order valence-corrected chi connectivity index (χ3v) is 2.65. The molecular formula is C15H19NO4. The number of aliphatic hydroxyl groups is 1. The zero-order valence-corrected chi connectivity index (χ0v) is 11.9. The lowest BCUT2D eigenvalue weighted by atomic mass is 10.1. The van der Waals surface area contributed by atoms with Gasteiger partial charge in [0.15, 0.2) is 0 Å². The predicted octanol–water partition coefficient (Wildman–Crippen LogP) is 1.40. The van der Waals surface area contributed by atoms with Crippen LogP contribution in [0.15, 0.2) is 18.2 Å². The van der Waals surface area contributed by atoms with Crippen molar-refractivity contribution in [3.05, 3.63) is 23.8 Å². The van der Waals surface area contributed by atoms with Crippen LogP contribution in [0.3, 0.4) is 0 Å². The number of hydrogen-bond acceptors (Lipinski definition) is 4. The Hall–Kier alpha value is -2.03. The van der Waals surface area contributed by atoms with Crippen LogP contribution in [0.5, 0.6) is 5.75 Å². The molecule has 1 atom stereocenters. The molecule has 20 heavy (non-hydrogen) atoms. The summed E-state index contributed by atoms with van der Waals surface area (Å²) in [7, 11) is 3.00. The summed E-state index contributed by atoms with van der Waals surface area (Å²) in [5, 5.41) is 11.4. The number of aliphatic hydroxyl groups excluding tert-OH is 1. The van der Waals surface area contributed by atoms with Crippen LogP contribution in [0.25, 0.3) is 0 Å². The molecule has 1 unspecified atom stereocenters. The number of anilines is 1. The zero-order chi connectivity index (χ0) is 15.0. The average molecular weight is 277 g/mol. The molecule has 0 spiro atoms. The summed E-state index contributed by atoms with van der Waals surface area (Å²) >= 11 is 0. The van der Waals surface area contributed by atoms with Gasteiger partial charge in [-0.25, -0.2) is 0 Å². The van der Waals surface area contributed by atoms with Gasteiger partial charge in [-0.3, -0.25) is 4.79 Å². The van der Waals surface area contributed by atoms with Crippen LogP contribution in [0.2, 0.25) is 0 Å². The van der Waals surface area contributed by atoms with Gasteiger partial charge in [0, 0.05) is 19.1 Å². The quantitative estimate of drug-likeness (QED) is 0.798. The highest BCUT2D eigenvalue weighted by Gasteiger charge is 2.14. The van der Waals surface area contributed by atoms with Gasteiger partial charge in [-0.2, -0.15) is 0 Å². The largest absolute Gasteiger partial charge is 0.495 e. The second-order valence-corrected chi connectivity index (χ2v) is 4.06. The van der Waals surface area contributed by atoms with Gasteiger partial charge in [0.05, 0.1) is 19.4 Å². The number of nitrogens with one attached hydrogen (secondary N) is 1. The van der Waals surface area contributed by atoms with E-state index in [2.05, 4.69) is 17.2 Å². The summed E-state index contributed by atoms with van der Waals surface area (Å²) in [6.07, 6.45) is -0.141. The highest BCUT2D eigenvalue weighted by molar-refractivity contribution is 5.95. The lowest BCUT2D eigenvalue weighted by Crippen LogP contribution is -2.26. The molecule has 0 aliphatic carbocycles. The fourth-order valence-electron chi connectivity index (χ4n) is 1.45. The van der Waals surface area contributed by atoms with Gasteiger partial charge in [0.2, 0.25) is 0 Å². The minimum absolute atomic E-state index is 0.0259. The Labute approximate surface area is 118 Å². The van der Waals surface area contributed by atoms with Crippen LogP contribution in [0.1, 0.15) is 18.9 Å². The molecule has 0 fully saturated rings. The van der Waals surface area contributed by atoms with Gasteiger partial charge >= 0.3 is 0 Å². The van der Waals surface area contributed by atoms with E-state index in [9.17, 15) is 4.79 Å². The van der Waals surface area contributed by atoms with Crippen molar-refractivity contribution in [2.24, 2.45) is 0 Å². The monoisotopic (exact) mass is 277 g/mol. The Morgan fingerprint density at radius 3 is 2.80 bits per heavy atom. The first-order valence-corrected chi connectivity index (χ1v) is 6.23. The Morgan fingerprint density at radius 1 is 1.45 bits per heavy atom. The molecule has 1 aromatic carbocycles. The molecule has 1 rings (SSSR count). The number of benzene rings is 1. The molecule has 0 heterocycles. The van der Waals surface area contributed by atoms with E-state index in [0.717, 1.165) is 5.56 Å². The number of methoxy groups -OCH3 is 2. The molecule has 0 saturated carbocycles. The summed E-state index contributed by atoms with van der Waals surface area (Å²) in [6.45, 7) is 1.69. The van der Waals surface area contributed by atoms with E-state index in [4.69, 9.17) is 14.6 Å². The number of rotatable bonds is 5. The van der Waals surface area contributed by atoms with Crippen molar-refractivity contribution in [3.8, 4) is 17.6 Å². The van der Waals surface area contributed by atoms with E-state index < -0.39 is 6.10 Å². The summed E-state index contributed by atoms with van der Waals surface area (Å²) in [5.41, 5.74) is 1.27. The summed E-state index contributed by atoms with van der Waals surface area (Å²) in [6, 6.07) is 5.25. The summed E-state index contributed by atoms with van der Waals surface area (Å²) < 4.78 is 10.2. The Morgan fingerprint density at radius 2 is 2.20 bits per heavy atom. The van der Waals surface area contributed by atoms with Crippen molar-refractivity contribution in [2.75, 3.05) is 26.1 Å². The fourth-order valence-corrected chi connectivity index (χ4v) is 1.45. The maximum Gasteiger partial charge on any atom is 0.253 e. The average Bonchev–Trinajstić information content (AvgIpc) is 2.47. The van der Waals surface area contributed by atoms with Crippen molar-refractivity contribution in [1.82, 2.24) is 0 Å². The Bertz CT molecular complexity index is 516. The highest BCUT2D eigenvalue weighted by atomic mass is 16.5. The lowest BCUT2D eigenvalue weighted by Gasteiger charge is -2.13. The minimum atomic E-state index is -0.552. The standard InChI is InChI=1S/C15H19NO4/c1-11(19-2)15(18)16-13-10-12(6-4-5-9-17)7-8-14(13)20-3/h7-8,10-11,17H,5,9H2,1-3H3,(H,16,18). The molecule has 5 nitrogen and oxygen atoms in total. The van der Waals surface area contributed by atoms with Crippen LogP contribution in [-0.4, -0.2) is 37.9 Å². The van der Waals surface area contributed by atoms with Crippen molar-refractivity contribution in [1.29, 1.82) is 0 Å². The zero-order valence-electron chi connectivity index (χ0n) is 11.9. The van der Waals surface area contributed by atoms with Crippen molar-refractivity contribution < 1.29 is 19.4 Å². The summed E-state index contributed by atoms with van der Waals surface area (Å²) in [5.74, 6) is 6.02. The van der Waals surface area contributed by atoms with E-state index in [1.165, 1.54) is 14.2 Å². The molecule has 0 radical (unpaired) electrons. The first kappa shape index (κ1) is 16.0. The molecule has 1 aromatic rings. The molecule has 2 N–H and O–H groups in total. The van der Waals surface area contributed by atoms with E-state index >= 15 is 0 Å². The molecule has 0 bridgehead atoms. The smallest absolute Gasteiger partial charge is 0.253 e. The van der Waals surface area contributed by atoms with Gasteiger partial charge in [-0.1, -0.05) is 11.8 Å². The SMILES string of the molecule is COc1ccc(C#CCCO)cc1NC(=O)C(C)OC. The topological polar surface area (TPSA) is 67.8 Å². The second-order valence-electron chi connectivity index (χ2n) is 4.06. The normalized spacial score (nSPS) is 11.2. The molecule has 0 saturated heterocycles. The Balaban J connectivity index is 2.95. The third kappa shape index (κ3) is 4.57. The lowest BCUT2D eigenvalue weighted by molar-refractivity contribution is -0.124. The number of hydrogen-bond donors (Lipinski definition) is 2. The van der Waals surface area contributed by atoms with Crippen molar-refractivity contribution in [3.63, 3.8) is 0 Å². The van der Waals surface area contributed by atoms with Crippen LogP contribution < -0.4 is 10.1 Å². The van der Waals surface area contributed by atoms with Gasteiger partial charge in [-0.15, -0.1) is 0 Å². The van der Waals surface area contributed by atoms with Crippen LogP contribution in [-0.2, 0) is 9.53 Å². The number of ether oxygens (including phenoxy) is 2. The van der Waals surface area contributed by atoms with Crippen LogP contribution in [0, 0.1) is 11.8 Å². The molecular weight excluding hydrogens is 258 g/mol.